The SMILES string of the molecule is C[C@@H](NC(=O)COC(=O)/C=C/c1c(F)cccc1Cl)c1cc2ccccc2o1. The molecule has 7 heteroatoms. The number of nitrogens with one attached hydrogen (secondary N) is 1. The smallest absolute Gasteiger partial charge is 0.331 e. The molecule has 1 heterocycles. The van der Waals surface area contributed by atoms with Crippen molar-refractivity contribution in [3.63, 3.8) is 0 Å². The van der Waals surface area contributed by atoms with Gasteiger partial charge in [0, 0.05) is 17.0 Å². The van der Waals surface area contributed by atoms with Crippen molar-refractivity contribution < 1.29 is 23.1 Å². The molecule has 0 aliphatic rings. The van der Waals surface area contributed by atoms with E-state index in [1.165, 1.54) is 24.3 Å². The van der Waals surface area contributed by atoms with Gasteiger partial charge in [0.15, 0.2) is 6.61 Å². The van der Waals surface area contributed by atoms with Crippen LogP contribution >= 0.6 is 11.6 Å². The second-order valence-electron chi connectivity index (χ2n) is 6.05. The van der Waals surface area contributed by atoms with E-state index >= 15 is 0 Å². The van der Waals surface area contributed by atoms with Gasteiger partial charge in [-0.1, -0.05) is 35.9 Å². The summed E-state index contributed by atoms with van der Waals surface area (Å²) >= 11 is 5.87. The number of esters is 1. The van der Waals surface area contributed by atoms with Crippen LogP contribution in [0.5, 0.6) is 0 Å². The summed E-state index contributed by atoms with van der Waals surface area (Å²) in [4.78, 5) is 23.7. The van der Waals surface area contributed by atoms with E-state index in [-0.39, 0.29) is 10.6 Å². The van der Waals surface area contributed by atoms with Gasteiger partial charge in [0.2, 0.25) is 0 Å². The Kier molecular flexibility index (Phi) is 6.11. The van der Waals surface area contributed by atoms with Crippen molar-refractivity contribution in [2.75, 3.05) is 6.61 Å². The van der Waals surface area contributed by atoms with E-state index in [2.05, 4.69) is 5.32 Å². The molecule has 144 valence electrons. The summed E-state index contributed by atoms with van der Waals surface area (Å²) < 4.78 is 24.2. The van der Waals surface area contributed by atoms with Crippen molar-refractivity contribution in [3.8, 4) is 0 Å². The minimum Gasteiger partial charge on any atom is -0.459 e. The third kappa shape index (κ3) is 4.78. The lowest BCUT2D eigenvalue weighted by Crippen LogP contribution is -2.30. The minimum atomic E-state index is -0.786. The molecule has 0 spiro atoms. The van der Waals surface area contributed by atoms with E-state index in [9.17, 15) is 14.0 Å². The summed E-state index contributed by atoms with van der Waals surface area (Å²) in [5.74, 6) is -1.24. The molecule has 28 heavy (non-hydrogen) atoms. The molecule has 1 aromatic heterocycles. The minimum absolute atomic E-state index is 0.0732. The molecule has 0 aliphatic carbocycles. The predicted octanol–water partition coefficient (Wildman–Crippen LogP) is 4.66. The molecule has 3 aromatic rings. The highest BCUT2D eigenvalue weighted by atomic mass is 35.5. The third-order valence-electron chi connectivity index (χ3n) is 3.98. The van der Waals surface area contributed by atoms with Crippen molar-refractivity contribution in [3.05, 3.63) is 76.8 Å². The summed E-state index contributed by atoms with van der Waals surface area (Å²) in [6.07, 6.45) is 2.22. The Balaban J connectivity index is 1.52. The first-order valence-corrected chi connectivity index (χ1v) is 8.88. The van der Waals surface area contributed by atoms with Crippen molar-refractivity contribution in [2.24, 2.45) is 0 Å². The normalized spacial score (nSPS) is 12.2. The lowest BCUT2D eigenvalue weighted by Gasteiger charge is -2.11. The van der Waals surface area contributed by atoms with Crippen LogP contribution in [0.4, 0.5) is 4.39 Å². The third-order valence-corrected chi connectivity index (χ3v) is 4.31. The summed E-state index contributed by atoms with van der Waals surface area (Å²) in [5.41, 5.74) is 0.797. The zero-order valence-electron chi connectivity index (χ0n) is 14.9. The molecule has 0 aliphatic heterocycles. The van der Waals surface area contributed by atoms with Gasteiger partial charge in [-0.3, -0.25) is 4.79 Å². The lowest BCUT2D eigenvalue weighted by atomic mass is 10.2. The number of carbonyl (C=O) groups is 2. The van der Waals surface area contributed by atoms with E-state index in [4.69, 9.17) is 20.8 Å². The van der Waals surface area contributed by atoms with Crippen LogP contribution in [0.3, 0.4) is 0 Å². The van der Waals surface area contributed by atoms with Crippen LogP contribution in [-0.4, -0.2) is 18.5 Å². The molecular weight excluding hydrogens is 385 g/mol. The molecule has 1 amide bonds. The number of benzene rings is 2. The molecule has 1 atom stereocenters. The number of furan rings is 1. The Bertz CT molecular complexity index is 991. The van der Waals surface area contributed by atoms with E-state index in [1.807, 2.05) is 30.3 Å². The molecule has 2 aromatic carbocycles. The van der Waals surface area contributed by atoms with Crippen LogP contribution in [-0.2, 0) is 14.3 Å². The van der Waals surface area contributed by atoms with Crippen LogP contribution in [0.1, 0.15) is 24.3 Å². The summed E-state index contributed by atoms with van der Waals surface area (Å²) in [6.45, 7) is 1.29. The number of hydrogen-bond donors (Lipinski definition) is 1. The van der Waals surface area contributed by atoms with Crippen LogP contribution in [0.25, 0.3) is 17.0 Å². The fraction of sp³-hybridized carbons (Fsp3) is 0.143. The van der Waals surface area contributed by atoms with Gasteiger partial charge >= 0.3 is 5.97 Å². The summed E-state index contributed by atoms with van der Waals surface area (Å²) in [5, 5.41) is 3.79. The lowest BCUT2D eigenvalue weighted by molar-refractivity contribution is -0.144. The van der Waals surface area contributed by atoms with Crippen molar-refractivity contribution in [2.45, 2.75) is 13.0 Å². The number of hydrogen-bond acceptors (Lipinski definition) is 4. The number of carbonyl (C=O) groups excluding carboxylic acids is 2. The number of ether oxygens (including phenoxy) is 1. The highest BCUT2D eigenvalue weighted by molar-refractivity contribution is 6.32. The van der Waals surface area contributed by atoms with Gasteiger partial charge in [-0.15, -0.1) is 0 Å². The molecule has 0 unspecified atom stereocenters. The van der Waals surface area contributed by atoms with Crippen molar-refractivity contribution >= 4 is 40.5 Å². The fourth-order valence-corrected chi connectivity index (χ4v) is 2.80. The first kappa shape index (κ1) is 19.6. The standard InChI is InChI=1S/C21H17ClFNO4/c1-13(19-11-14-5-2-3-8-18(14)28-19)24-20(25)12-27-21(26)10-9-15-16(22)6-4-7-17(15)23/h2-11,13H,12H2,1H3,(H,24,25)/b10-9+/t13-/m1/s1. The van der Waals surface area contributed by atoms with Crippen LogP contribution in [0, 0.1) is 5.82 Å². The molecule has 0 radical (unpaired) electrons. The van der Waals surface area contributed by atoms with Crippen LogP contribution in [0.15, 0.2) is 59.0 Å². The maximum Gasteiger partial charge on any atom is 0.331 e. The van der Waals surface area contributed by atoms with Crippen LogP contribution in [0.2, 0.25) is 5.02 Å². The molecule has 1 N–H and O–H groups in total. The number of amides is 1. The molecule has 0 saturated carbocycles. The molecule has 0 fully saturated rings. The highest BCUT2D eigenvalue weighted by Gasteiger charge is 2.15. The van der Waals surface area contributed by atoms with Crippen molar-refractivity contribution in [1.29, 1.82) is 0 Å². The van der Waals surface area contributed by atoms with E-state index in [1.54, 1.807) is 6.92 Å². The van der Waals surface area contributed by atoms with Gasteiger partial charge in [0.05, 0.1) is 11.1 Å². The molecule has 3 rings (SSSR count). The number of rotatable bonds is 6. The van der Waals surface area contributed by atoms with Crippen LogP contribution < -0.4 is 5.32 Å². The Hall–Kier alpha value is -3.12. The first-order valence-electron chi connectivity index (χ1n) is 8.50. The molecule has 0 bridgehead atoms. The Morgan fingerprint density at radius 3 is 2.79 bits per heavy atom. The average Bonchev–Trinajstić information content (AvgIpc) is 3.10. The Morgan fingerprint density at radius 1 is 1.25 bits per heavy atom. The predicted molar refractivity (Wildman–Crippen MR) is 104 cm³/mol. The van der Waals surface area contributed by atoms with E-state index in [0.717, 1.165) is 17.0 Å². The maximum absolute atomic E-state index is 13.6. The average molecular weight is 402 g/mol. The first-order chi connectivity index (χ1) is 13.4. The van der Waals surface area contributed by atoms with Gasteiger partial charge in [0.1, 0.15) is 17.2 Å². The zero-order valence-corrected chi connectivity index (χ0v) is 15.7. The zero-order chi connectivity index (χ0) is 20.1. The molecule has 5 nitrogen and oxygen atoms in total. The largest absolute Gasteiger partial charge is 0.459 e. The highest BCUT2D eigenvalue weighted by Crippen LogP contribution is 2.23. The second kappa shape index (κ2) is 8.71. The van der Waals surface area contributed by atoms with Gasteiger partial charge in [0.25, 0.3) is 5.91 Å². The Morgan fingerprint density at radius 2 is 2.04 bits per heavy atom. The monoisotopic (exact) mass is 401 g/mol. The Labute approximate surface area is 165 Å². The van der Waals surface area contributed by atoms with Gasteiger partial charge in [-0.25, -0.2) is 9.18 Å². The number of halogens is 2. The fourth-order valence-electron chi connectivity index (χ4n) is 2.58. The molecular formula is C21H17ClFNO4. The van der Waals surface area contributed by atoms with Gasteiger partial charge in [-0.05, 0) is 37.3 Å². The van der Waals surface area contributed by atoms with Gasteiger partial charge in [-0.2, -0.15) is 0 Å². The quantitative estimate of drug-likeness (QED) is 0.482. The molecule has 0 saturated heterocycles. The summed E-state index contributed by atoms with van der Waals surface area (Å²) in [6, 6.07) is 13.1. The second-order valence-corrected chi connectivity index (χ2v) is 6.46. The van der Waals surface area contributed by atoms with Gasteiger partial charge < -0.3 is 14.5 Å². The topological polar surface area (TPSA) is 68.5 Å². The van der Waals surface area contributed by atoms with E-state index in [0.29, 0.717) is 5.76 Å². The summed E-state index contributed by atoms with van der Waals surface area (Å²) in [7, 11) is 0. The van der Waals surface area contributed by atoms with E-state index < -0.39 is 30.3 Å². The number of fused-ring (bicyclic) bond motifs is 1. The van der Waals surface area contributed by atoms with Crippen molar-refractivity contribution in [1.82, 2.24) is 5.32 Å². The maximum atomic E-state index is 13.6. The number of para-hydroxylation sites is 1.